The molecule has 3 nitrogen and oxygen atoms in total. The Morgan fingerprint density at radius 2 is 2.07 bits per heavy atom. The molecule has 3 heteroatoms. The Morgan fingerprint density at radius 1 is 1.36 bits per heavy atom. The van der Waals surface area contributed by atoms with Crippen molar-refractivity contribution in [2.45, 2.75) is 38.5 Å². The second-order valence-corrected chi connectivity index (χ2v) is 4.87. The fraction of sp³-hybridized carbons (Fsp3) is 0.909. The molecule has 0 unspecified atom stereocenters. The van der Waals surface area contributed by atoms with Gasteiger partial charge in [-0.1, -0.05) is 25.7 Å². The summed E-state index contributed by atoms with van der Waals surface area (Å²) in [6.45, 7) is 0.323. The molecule has 2 aliphatic rings. The van der Waals surface area contributed by atoms with Crippen molar-refractivity contribution in [1.29, 1.82) is 0 Å². The van der Waals surface area contributed by atoms with E-state index in [-0.39, 0.29) is 0 Å². The highest BCUT2D eigenvalue weighted by Crippen LogP contribution is 2.56. The average Bonchev–Trinajstić information content (AvgIpc) is 2.30. The summed E-state index contributed by atoms with van der Waals surface area (Å²) in [5.41, 5.74) is 5.09. The van der Waals surface area contributed by atoms with E-state index in [1.54, 1.807) is 0 Å². The summed E-state index contributed by atoms with van der Waals surface area (Å²) < 4.78 is 0. The standard InChI is InChI=1S/C11H19NO2/c12-7-11(10(13)14)6-8-4-2-1-3-5-9(8)11/h8-9H,1-7,12H2,(H,13,14)/t8-,9-,11+/m0/s1. The number of fused-ring (bicyclic) bond motifs is 1. The first-order chi connectivity index (χ1) is 6.70. The van der Waals surface area contributed by atoms with Gasteiger partial charge < -0.3 is 10.8 Å². The molecule has 2 rings (SSSR count). The van der Waals surface area contributed by atoms with Crippen LogP contribution in [0.1, 0.15) is 38.5 Å². The molecule has 0 aliphatic heterocycles. The highest BCUT2D eigenvalue weighted by atomic mass is 16.4. The molecular weight excluding hydrogens is 178 g/mol. The molecule has 0 amide bonds. The molecule has 80 valence electrons. The minimum absolute atomic E-state index is 0.323. The van der Waals surface area contributed by atoms with E-state index in [1.807, 2.05) is 0 Å². The van der Waals surface area contributed by atoms with Gasteiger partial charge in [-0.3, -0.25) is 4.79 Å². The highest BCUT2D eigenvalue weighted by Gasteiger charge is 2.57. The number of hydrogen-bond donors (Lipinski definition) is 2. The first-order valence-corrected chi connectivity index (χ1v) is 5.64. The normalized spacial score (nSPS) is 42.1. The molecule has 0 radical (unpaired) electrons. The maximum Gasteiger partial charge on any atom is 0.311 e. The first kappa shape index (κ1) is 9.97. The maximum absolute atomic E-state index is 11.2. The summed E-state index contributed by atoms with van der Waals surface area (Å²) in [5, 5.41) is 9.23. The Hall–Kier alpha value is -0.570. The van der Waals surface area contributed by atoms with Gasteiger partial charge in [0.05, 0.1) is 5.41 Å². The zero-order valence-electron chi connectivity index (χ0n) is 8.54. The zero-order valence-corrected chi connectivity index (χ0v) is 8.54. The maximum atomic E-state index is 11.2. The summed E-state index contributed by atoms with van der Waals surface area (Å²) in [6, 6.07) is 0. The molecule has 0 saturated heterocycles. The molecule has 2 aliphatic carbocycles. The van der Waals surface area contributed by atoms with Gasteiger partial charge in [-0.25, -0.2) is 0 Å². The Kier molecular flexibility index (Phi) is 2.52. The molecule has 2 saturated carbocycles. The molecule has 3 atom stereocenters. The van der Waals surface area contributed by atoms with Crippen LogP contribution >= 0.6 is 0 Å². The van der Waals surface area contributed by atoms with E-state index in [0.717, 1.165) is 12.8 Å². The van der Waals surface area contributed by atoms with Crippen LogP contribution in [-0.4, -0.2) is 17.6 Å². The third-order valence-corrected chi connectivity index (χ3v) is 4.29. The SMILES string of the molecule is NC[C@]1(C(=O)O)C[C@@H]2CCCCC[C@@H]21. The van der Waals surface area contributed by atoms with Crippen LogP contribution in [0.25, 0.3) is 0 Å². The van der Waals surface area contributed by atoms with Gasteiger partial charge in [0.1, 0.15) is 0 Å². The lowest BCUT2D eigenvalue weighted by Crippen LogP contribution is -2.56. The molecule has 0 aromatic rings. The number of carboxylic acid groups (broad SMARTS) is 1. The lowest BCUT2D eigenvalue weighted by molar-refractivity contribution is -0.167. The summed E-state index contributed by atoms with van der Waals surface area (Å²) in [5.74, 6) is 0.354. The van der Waals surface area contributed by atoms with E-state index in [2.05, 4.69) is 0 Å². The van der Waals surface area contributed by atoms with Crippen LogP contribution in [0.4, 0.5) is 0 Å². The first-order valence-electron chi connectivity index (χ1n) is 5.64. The van der Waals surface area contributed by atoms with Crippen LogP contribution in [0, 0.1) is 17.3 Å². The molecule has 14 heavy (non-hydrogen) atoms. The van der Waals surface area contributed by atoms with Crippen LogP contribution in [0.3, 0.4) is 0 Å². The fourth-order valence-electron chi connectivity index (χ4n) is 3.38. The highest BCUT2D eigenvalue weighted by molar-refractivity contribution is 5.77. The van der Waals surface area contributed by atoms with Gasteiger partial charge in [0, 0.05) is 6.54 Å². The molecular formula is C11H19NO2. The smallest absolute Gasteiger partial charge is 0.311 e. The van der Waals surface area contributed by atoms with E-state index in [0.29, 0.717) is 18.4 Å². The van der Waals surface area contributed by atoms with Gasteiger partial charge in [0.25, 0.3) is 0 Å². The van der Waals surface area contributed by atoms with Crippen molar-refractivity contribution in [3.63, 3.8) is 0 Å². The van der Waals surface area contributed by atoms with E-state index in [4.69, 9.17) is 5.73 Å². The molecule has 0 bridgehead atoms. The van der Waals surface area contributed by atoms with Gasteiger partial charge in [-0.05, 0) is 24.7 Å². The summed E-state index contributed by atoms with van der Waals surface area (Å²) >= 11 is 0. The Morgan fingerprint density at radius 3 is 2.71 bits per heavy atom. The van der Waals surface area contributed by atoms with E-state index in [9.17, 15) is 9.90 Å². The summed E-state index contributed by atoms with van der Waals surface area (Å²) in [7, 11) is 0. The Balaban J connectivity index is 2.12. The number of nitrogens with two attached hydrogens (primary N) is 1. The number of carbonyl (C=O) groups is 1. The minimum Gasteiger partial charge on any atom is -0.481 e. The van der Waals surface area contributed by atoms with E-state index in [1.165, 1.54) is 25.7 Å². The molecule has 0 heterocycles. The van der Waals surface area contributed by atoms with Crippen molar-refractivity contribution in [3.8, 4) is 0 Å². The van der Waals surface area contributed by atoms with E-state index < -0.39 is 11.4 Å². The van der Waals surface area contributed by atoms with Crippen molar-refractivity contribution in [2.24, 2.45) is 23.0 Å². The number of rotatable bonds is 2. The predicted molar refractivity (Wildman–Crippen MR) is 53.8 cm³/mol. The Bertz CT molecular complexity index is 241. The summed E-state index contributed by atoms with van der Waals surface area (Å²) in [4.78, 5) is 11.2. The van der Waals surface area contributed by atoms with Crippen molar-refractivity contribution in [2.75, 3.05) is 6.54 Å². The predicted octanol–water partition coefficient (Wildman–Crippen LogP) is 1.62. The van der Waals surface area contributed by atoms with Gasteiger partial charge in [-0.15, -0.1) is 0 Å². The minimum atomic E-state index is -0.664. The largest absolute Gasteiger partial charge is 0.481 e. The van der Waals surface area contributed by atoms with Crippen LogP contribution in [0.2, 0.25) is 0 Å². The van der Waals surface area contributed by atoms with Gasteiger partial charge in [-0.2, -0.15) is 0 Å². The van der Waals surface area contributed by atoms with Crippen molar-refractivity contribution >= 4 is 5.97 Å². The molecule has 0 aromatic heterocycles. The van der Waals surface area contributed by atoms with Crippen LogP contribution in [0.5, 0.6) is 0 Å². The summed E-state index contributed by atoms with van der Waals surface area (Å²) in [6.07, 6.45) is 6.86. The molecule has 0 spiro atoms. The molecule has 3 N–H and O–H groups in total. The third-order valence-electron chi connectivity index (χ3n) is 4.29. The van der Waals surface area contributed by atoms with Gasteiger partial charge in [0.15, 0.2) is 0 Å². The van der Waals surface area contributed by atoms with Gasteiger partial charge >= 0.3 is 5.97 Å². The second kappa shape index (κ2) is 3.54. The van der Waals surface area contributed by atoms with Crippen LogP contribution < -0.4 is 5.73 Å². The fourth-order valence-corrected chi connectivity index (χ4v) is 3.38. The lowest BCUT2D eigenvalue weighted by Gasteiger charge is -2.51. The second-order valence-electron chi connectivity index (χ2n) is 4.87. The molecule has 2 fully saturated rings. The van der Waals surface area contributed by atoms with Crippen molar-refractivity contribution < 1.29 is 9.90 Å². The number of hydrogen-bond acceptors (Lipinski definition) is 2. The van der Waals surface area contributed by atoms with Gasteiger partial charge in [0.2, 0.25) is 0 Å². The van der Waals surface area contributed by atoms with E-state index >= 15 is 0 Å². The Labute approximate surface area is 84.7 Å². The average molecular weight is 197 g/mol. The monoisotopic (exact) mass is 197 g/mol. The van der Waals surface area contributed by atoms with Crippen LogP contribution in [-0.2, 0) is 4.79 Å². The number of aliphatic carboxylic acids is 1. The third kappa shape index (κ3) is 1.26. The van der Waals surface area contributed by atoms with Crippen molar-refractivity contribution in [3.05, 3.63) is 0 Å². The van der Waals surface area contributed by atoms with Crippen molar-refractivity contribution in [1.82, 2.24) is 0 Å². The lowest BCUT2D eigenvalue weighted by atomic mass is 9.52. The number of carboxylic acids is 1. The zero-order chi connectivity index (χ0) is 10.2. The molecule has 0 aromatic carbocycles. The van der Waals surface area contributed by atoms with Crippen LogP contribution in [0.15, 0.2) is 0 Å². The quantitative estimate of drug-likeness (QED) is 0.707. The topological polar surface area (TPSA) is 63.3 Å².